The molecular weight excluding hydrogens is 415 g/mol. The van der Waals surface area contributed by atoms with Crippen molar-refractivity contribution in [3.63, 3.8) is 0 Å². The van der Waals surface area contributed by atoms with Gasteiger partial charge in [0.2, 0.25) is 0 Å². The monoisotopic (exact) mass is 448 g/mol. The summed E-state index contributed by atoms with van der Waals surface area (Å²) in [7, 11) is 1.93. The molecule has 0 aromatic carbocycles. The summed E-state index contributed by atoms with van der Waals surface area (Å²) in [6, 6.07) is 1.41. The molecule has 5 aliphatic heterocycles. The van der Waals surface area contributed by atoms with E-state index in [1.165, 1.54) is 65.1 Å². The normalized spacial score (nSPS) is 36.9. The second kappa shape index (κ2) is 8.51. The second-order valence-electron chi connectivity index (χ2n) is 7.55. The number of rotatable bonds is 3. The first-order chi connectivity index (χ1) is 11.3. The van der Waals surface area contributed by atoms with Gasteiger partial charge in [-0.05, 0) is 32.4 Å². The van der Waals surface area contributed by atoms with Crippen molar-refractivity contribution in [3.8, 4) is 0 Å². The van der Waals surface area contributed by atoms with Crippen molar-refractivity contribution < 1.29 is 0 Å². The van der Waals surface area contributed by atoms with Crippen LogP contribution in [0.4, 0.5) is 0 Å². The lowest BCUT2D eigenvalue weighted by atomic mass is 10.1. The summed E-state index contributed by atoms with van der Waals surface area (Å²) in [5.41, 5.74) is 0. The molecule has 0 aromatic heterocycles. The predicted molar refractivity (Wildman–Crippen MR) is 109 cm³/mol. The fourth-order valence-electron chi connectivity index (χ4n) is 4.80. The lowest BCUT2D eigenvalue weighted by Crippen LogP contribution is -2.64. The average Bonchev–Trinajstić information content (AvgIpc) is 3.28. The number of hydrogen-bond acceptors (Lipinski definition) is 4. The highest BCUT2D eigenvalue weighted by molar-refractivity contribution is 14.0. The first-order valence-corrected chi connectivity index (χ1v) is 9.49. The van der Waals surface area contributed by atoms with E-state index < -0.39 is 0 Å². The quantitative estimate of drug-likeness (QED) is 0.383. The van der Waals surface area contributed by atoms with Gasteiger partial charge in [0.25, 0.3) is 0 Å². The van der Waals surface area contributed by atoms with Gasteiger partial charge in [-0.25, -0.2) is 0 Å². The molecular formula is C17H33IN6. The number of halogens is 1. The largest absolute Gasteiger partial charge is 0.355 e. The van der Waals surface area contributed by atoms with E-state index in [0.29, 0.717) is 6.04 Å². The molecule has 0 radical (unpaired) electrons. The minimum atomic E-state index is 0. The number of piperazine rings is 3. The summed E-state index contributed by atoms with van der Waals surface area (Å²) < 4.78 is 0. The van der Waals surface area contributed by atoms with Crippen LogP contribution < -0.4 is 5.32 Å². The van der Waals surface area contributed by atoms with Crippen molar-refractivity contribution in [2.45, 2.75) is 31.3 Å². The number of fused-ring (bicyclic) bond motifs is 3. The van der Waals surface area contributed by atoms with Gasteiger partial charge in [-0.3, -0.25) is 19.7 Å². The molecule has 1 N–H and O–H groups in total. The zero-order valence-corrected chi connectivity index (χ0v) is 17.3. The number of guanidine groups is 1. The van der Waals surface area contributed by atoms with Crippen molar-refractivity contribution in [2.24, 2.45) is 4.99 Å². The van der Waals surface area contributed by atoms with E-state index in [2.05, 4.69) is 29.9 Å². The third kappa shape index (κ3) is 3.99. The van der Waals surface area contributed by atoms with Crippen molar-refractivity contribution in [2.75, 3.05) is 72.5 Å². The fraction of sp³-hybridized carbons (Fsp3) is 0.941. The molecule has 138 valence electrons. The third-order valence-electron chi connectivity index (χ3n) is 6.22. The van der Waals surface area contributed by atoms with E-state index in [0.717, 1.165) is 31.6 Å². The highest BCUT2D eigenvalue weighted by atomic mass is 127. The highest BCUT2D eigenvalue weighted by Gasteiger charge is 2.33. The zero-order chi connectivity index (χ0) is 15.6. The van der Waals surface area contributed by atoms with Crippen LogP contribution in [0.2, 0.25) is 0 Å². The Bertz CT molecular complexity index is 431. The van der Waals surface area contributed by atoms with Crippen molar-refractivity contribution in [3.05, 3.63) is 0 Å². The Balaban J connectivity index is 0.00000169. The summed E-state index contributed by atoms with van der Waals surface area (Å²) >= 11 is 0. The van der Waals surface area contributed by atoms with Gasteiger partial charge >= 0.3 is 0 Å². The van der Waals surface area contributed by atoms with E-state index >= 15 is 0 Å². The molecule has 24 heavy (non-hydrogen) atoms. The lowest BCUT2D eigenvalue weighted by molar-refractivity contribution is 0.0152. The molecule has 5 fully saturated rings. The van der Waals surface area contributed by atoms with Gasteiger partial charge in [-0.1, -0.05) is 0 Å². The van der Waals surface area contributed by atoms with Crippen LogP contribution in [-0.4, -0.2) is 110 Å². The highest BCUT2D eigenvalue weighted by Crippen LogP contribution is 2.20. The molecule has 0 spiro atoms. The van der Waals surface area contributed by atoms with Crippen molar-refractivity contribution in [1.29, 1.82) is 0 Å². The van der Waals surface area contributed by atoms with Crippen molar-refractivity contribution >= 4 is 29.9 Å². The Labute approximate surface area is 163 Å². The molecule has 2 atom stereocenters. The third-order valence-corrected chi connectivity index (χ3v) is 6.22. The smallest absolute Gasteiger partial charge is 0.193 e. The summed E-state index contributed by atoms with van der Waals surface area (Å²) in [4.78, 5) is 15.0. The van der Waals surface area contributed by atoms with Crippen LogP contribution in [0.15, 0.2) is 4.99 Å². The number of hydrogen-bond donors (Lipinski definition) is 1. The van der Waals surface area contributed by atoms with E-state index in [4.69, 9.17) is 0 Å². The van der Waals surface area contributed by atoms with E-state index in [1.54, 1.807) is 0 Å². The first-order valence-electron chi connectivity index (χ1n) is 9.49. The first kappa shape index (κ1) is 18.7. The zero-order valence-electron chi connectivity index (χ0n) is 15.0. The molecule has 2 unspecified atom stereocenters. The summed E-state index contributed by atoms with van der Waals surface area (Å²) in [6.07, 6.45) is 4.07. The van der Waals surface area contributed by atoms with Crippen LogP contribution >= 0.6 is 24.0 Å². The van der Waals surface area contributed by atoms with E-state index in [9.17, 15) is 0 Å². The molecule has 2 bridgehead atoms. The molecule has 6 nitrogen and oxygen atoms in total. The Kier molecular flexibility index (Phi) is 6.62. The van der Waals surface area contributed by atoms with Gasteiger partial charge in [0.15, 0.2) is 5.96 Å². The van der Waals surface area contributed by atoms with Crippen molar-refractivity contribution in [1.82, 2.24) is 24.9 Å². The Morgan fingerprint density at radius 2 is 1.71 bits per heavy atom. The molecule has 7 heteroatoms. The molecule has 0 aromatic rings. The Morgan fingerprint density at radius 1 is 0.958 bits per heavy atom. The SMILES string of the molecule is CN=C(NCC1CN2CCN1CC2)N1CCC(N2CCCC2)C1.I. The van der Waals surface area contributed by atoms with E-state index in [-0.39, 0.29) is 24.0 Å². The van der Waals surface area contributed by atoms with Crippen LogP contribution in [-0.2, 0) is 0 Å². The van der Waals surface area contributed by atoms with E-state index in [1.807, 2.05) is 7.05 Å². The second-order valence-corrected chi connectivity index (χ2v) is 7.55. The Hall–Kier alpha value is -0.120. The van der Waals surface area contributed by atoms with Crippen LogP contribution in [0.25, 0.3) is 0 Å². The number of likely N-dealkylation sites (tertiary alicyclic amines) is 2. The maximum Gasteiger partial charge on any atom is 0.193 e. The fourth-order valence-corrected chi connectivity index (χ4v) is 4.80. The maximum atomic E-state index is 4.56. The molecule has 5 aliphatic rings. The standard InChI is InChI=1S/C17H32N6.HI/c1-18-17(19-12-16-13-20-8-10-22(16)11-9-20)23-7-4-15(14-23)21-5-2-3-6-21;/h15-16H,2-14H2,1H3,(H,18,19);1H. The van der Waals surface area contributed by atoms with Gasteiger partial charge in [0.05, 0.1) is 0 Å². The van der Waals surface area contributed by atoms with Crippen LogP contribution in [0.1, 0.15) is 19.3 Å². The number of nitrogens with one attached hydrogen (secondary N) is 1. The van der Waals surface area contributed by atoms with Gasteiger partial charge in [-0.15, -0.1) is 24.0 Å². The molecule has 0 aliphatic carbocycles. The van der Waals surface area contributed by atoms with Crippen LogP contribution in [0, 0.1) is 0 Å². The summed E-state index contributed by atoms with van der Waals surface area (Å²) in [5, 5.41) is 3.67. The molecule has 5 saturated heterocycles. The van der Waals surface area contributed by atoms with Gasteiger partial charge in [-0.2, -0.15) is 0 Å². The molecule has 5 heterocycles. The Morgan fingerprint density at radius 3 is 2.33 bits per heavy atom. The number of aliphatic imine (C=N–C) groups is 1. The number of nitrogens with zero attached hydrogens (tertiary/aromatic N) is 5. The summed E-state index contributed by atoms with van der Waals surface area (Å²) in [6.45, 7) is 12.2. The van der Waals surface area contributed by atoms with Gasteiger partial charge < -0.3 is 10.2 Å². The molecule has 0 saturated carbocycles. The molecule has 0 amide bonds. The topological polar surface area (TPSA) is 37.4 Å². The maximum absolute atomic E-state index is 4.56. The minimum absolute atomic E-state index is 0. The van der Waals surface area contributed by atoms with Gasteiger partial charge in [0, 0.05) is 71.5 Å². The summed E-state index contributed by atoms with van der Waals surface area (Å²) in [5.74, 6) is 1.12. The van der Waals surface area contributed by atoms with Gasteiger partial charge in [0.1, 0.15) is 0 Å². The van der Waals surface area contributed by atoms with Crippen LogP contribution in [0.3, 0.4) is 0 Å². The molecule has 5 rings (SSSR count). The average molecular weight is 448 g/mol. The predicted octanol–water partition coefficient (Wildman–Crippen LogP) is 0.350. The lowest BCUT2D eigenvalue weighted by Gasteiger charge is -2.47. The van der Waals surface area contributed by atoms with Crippen LogP contribution in [0.5, 0.6) is 0 Å². The minimum Gasteiger partial charge on any atom is -0.355 e.